The summed E-state index contributed by atoms with van der Waals surface area (Å²) in [5, 5.41) is 17.2. The first kappa shape index (κ1) is 39.7. The predicted octanol–water partition coefficient (Wildman–Crippen LogP) is 9.18. The minimum absolute atomic E-state index is 0.0788. The lowest BCUT2D eigenvalue weighted by Crippen LogP contribution is -2.67. The molecule has 5 aliphatic carbocycles. The van der Waals surface area contributed by atoms with Crippen molar-refractivity contribution >= 4 is 17.8 Å². The van der Waals surface area contributed by atoms with E-state index in [0.717, 1.165) is 51.4 Å². The van der Waals surface area contributed by atoms with Gasteiger partial charge in [-0.05, 0) is 158 Å². The first-order valence-corrected chi connectivity index (χ1v) is 20.8. The molecule has 7 nitrogen and oxygen atoms in total. The molecule has 0 aliphatic heterocycles. The molecule has 2 aromatic carbocycles. The molecule has 0 spiro atoms. The quantitative estimate of drug-likeness (QED) is 0.184. The molecule has 0 heterocycles. The summed E-state index contributed by atoms with van der Waals surface area (Å²) in [6.45, 7) is 19.3. The van der Waals surface area contributed by atoms with Gasteiger partial charge in [0.25, 0.3) is 5.91 Å². The van der Waals surface area contributed by atoms with E-state index in [-0.39, 0.29) is 58.2 Å². The molecule has 0 radical (unpaired) electrons. The van der Waals surface area contributed by atoms with Crippen molar-refractivity contribution in [2.24, 2.45) is 56.7 Å². The molecule has 55 heavy (non-hydrogen) atoms. The summed E-state index contributed by atoms with van der Waals surface area (Å²) >= 11 is 0. The zero-order valence-corrected chi connectivity index (χ0v) is 34.2. The third-order valence-corrected chi connectivity index (χ3v) is 17.0. The maximum Gasteiger partial charge on any atom is 0.337 e. The molecular formula is C47H63FN2O5. The van der Waals surface area contributed by atoms with Crippen LogP contribution in [0.5, 0.6) is 0 Å². The van der Waals surface area contributed by atoms with Gasteiger partial charge in [-0.1, -0.05) is 65.0 Å². The SMILES string of the molecule is C=C(C)[C@@H]1CC[C@]2(C(=O)NCc3ccc(F)c(C(=O)NCc4cccc(C(=O)OC)c4)c3)CC[C@]3(C)C(CCC4[C@@]5(C)CC[C@H](O)C(C)(C)C5CC[C@]43C)C12. The van der Waals surface area contributed by atoms with E-state index in [1.165, 1.54) is 37.7 Å². The van der Waals surface area contributed by atoms with E-state index in [1.807, 2.05) is 0 Å². The molecule has 10 atom stereocenters. The number of methoxy groups -OCH3 is 1. The van der Waals surface area contributed by atoms with Crippen molar-refractivity contribution in [2.45, 2.75) is 125 Å². The number of aliphatic hydroxyl groups is 1. The van der Waals surface area contributed by atoms with Gasteiger partial charge >= 0.3 is 5.97 Å². The van der Waals surface area contributed by atoms with E-state index in [4.69, 9.17) is 4.74 Å². The fourth-order valence-electron chi connectivity index (χ4n) is 13.9. The summed E-state index contributed by atoms with van der Waals surface area (Å²) in [6.07, 6.45) is 10.0. The van der Waals surface area contributed by atoms with Gasteiger partial charge in [-0.25, -0.2) is 9.18 Å². The molecule has 2 amide bonds. The second kappa shape index (κ2) is 14.1. The van der Waals surface area contributed by atoms with Crippen molar-refractivity contribution in [3.05, 3.63) is 82.7 Å². The van der Waals surface area contributed by atoms with E-state index in [1.54, 1.807) is 30.3 Å². The fraction of sp³-hybridized carbons (Fsp3) is 0.638. The van der Waals surface area contributed by atoms with Crippen LogP contribution in [0.25, 0.3) is 0 Å². The Balaban J connectivity index is 1.09. The van der Waals surface area contributed by atoms with Gasteiger partial charge in [0.15, 0.2) is 0 Å². The maximum atomic E-state index is 15.0. The van der Waals surface area contributed by atoms with Crippen LogP contribution < -0.4 is 10.6 Å². The molecule has 5 aliphatic rings. The van der Waals surface area contributed by atoms with Crippen molar-refractivity contribution in [1.82, 2.24) is 10.6 Å². The average Bonchev–Trinajstić information content (AvgIpc) is 3.56. The van der Waals surface area contributed by atoms with Crippen LogP contribution in [-0.4, -0.2) is 36.1 Å². The third-order valence-electron chi connectivity index (χ3n) is 17.0. The van der Waals surface area contributed by atoms with Gasteiger partial charge in [0.2, 0.25) is 5.91 Å². The van der Waals surface area contributed by atoms with E-state index in [2.05, 4.69) is 58.8 Å². The number of rotatable bonds is 8. The van der Waals surface area contributed by atoms with Gasteiger partial charge in [0.1, 0.15) is 5.82 Å². The number of ether oxygens (including phenoxy) is 1. The highest BCUT2D eigenvalue weighted by Gasteiger charge is 2.71. The largest absolute Gasteiger partial charge is 0.465 e. The zero-order valence-electron chi connectivity index (χ0n) is 34.2. The van der Waals surface area contributed by atoms with Gasteiger partial charge in [0.05, 0.1) is 29.8 Å². The van der Waals surface area contributed by atoms with Crippen LogP contribution in [0, 0.1) is 62.5 Å². The first-order chi connectivity index (χ1) is 25.9. The van der Waals surface area contributed by atoms with Crippen LogP contribution >= 0.6 is 0 Å². The Bertz CT molecular complexity index is 1870. The van der Waals surface area contributed by atoms with Crippen molar-refractivity contribution in [3.8, 4) is 0 Å². The van der Waals surface area contributed by atoms with Gasteiger partial charge in [0, 0.05) is 13.1 Å². The lowest BCUT2D eigenvalue weighted by Gasteiger charge is -2.72. The Labute approximate surface area is 327 Å². The topological polar surface area (TPSA) is 105 Å². The Morgan fingerprint density at radius 1 is 0.836 bits per heavy atom. The van der Waals surface area contributed by atoms with E-state index in [0.29, 0.717) is 40.4 Å². The Hall–Kier alpha value is -3.52. The first-order valence-electron chi connectivity index (χ1n) is 20.8. The number of fused-ring (bicyclic) bond motifs is 7. The lowest BCUT2D eigenvalue weighted by atomic mass is 9.32. The standard InChI is InChI=1S/C47H63FN2O5/c1-28(2)32-16-21-47(42(54)50-27-30-12-14-35(48)33(25-30)40(52)49-26-29-10-9-11-31(24-29)41(53)55-8)23-22-45(6)34(39(32)47)13-15-37-44(5)19-18-38(51)43(3,4)36(44)17-20-46(37,45)7/h9-12,14,24-25,32,34,36-39,51H,1,13,15-23,26-27H2,2-8H3,(H,49,52)(H,50,54)/t32-,34?,36?,37?,38-,39?,44-,45+,46+,47-/m0/s1. The fourth-order valence-corrected chi connectivity index (χ4v) is 13.9. The van der Waals surface area contributed by atoms with Gasteiger partial charge in [-0.2, -0.15) is 0 Å². The number of aliphatic hydroxyl groups excluding tert-OH is 1. The van der Waals surface area contributed by atoms with Crippen LogP contribution in [0.3, 0.4) is 0 Å². The van der Waals surface area contributed by atoms with Crippen molar-refractivity contribution in [2.75, 3.05) is 7.11 Å². The van der Waals surface area contributed by atoms with Crippen molar-refractivity contribution in [3.63, 3.8) is 0 Å². The number of carbonyl (C=O) groups excluding carboxylic acids is 3. The van der Waals surface area contributed by atoms with Crippen LogP contribution in [0.4, 0.5) is 4.39 Å². The highest BCUT2D eigenvalue weighted by molar-refractivity contribution is 5.95. The lowest BCUT2D eigenvalue weighted by molar-refractivity contribution is -0.246. The molecule has 0 aromatic heterocycles. The van der Waals surface area contributed by atoms with Crippen molar-refractivity contribution < 1.29 is 28.6 Å². The molecule has 0 bridgehead atoms. The number of hydrogen-bond donors (Lipinski definition) is 3. The Morgan fingerprint density at radius 3 is 2.29 bits per heavy atom. The van der Waals surface area contributed by atoms with E-state index >= 15 is 4.39 Å². The van der Waals surface area contributed by atoms with Crippen LogP contribution in [0.15, 0.2) is 54.6 Å². The van der Waals surface area contributed by atoms with Crippen LogP contribution in [0.1, 0.15) is 138 Å². The molecule has 298 valence electrons. The number of esters is 1. The molecule has 2 aromatic rings. The maximum absolute atomic E-state index is 15.0. The second-order valence-corrected chi connectivity index (χ2v) is 19.6. The normalized spacial score (nSPS) is 37.3. The summed E-state index contributed by atoms with van der Waals surface area (Å²) in [5.74, 6) is 0.411. The Morgan fingerprint density at radius 2 is 1.56 bits per heavy atom. The third kappa shape index (κ3) is 6.19. The number of carbonyl (C=O) groups is 3. The van der Waals surface area contributed by atoms with Crippen LogP contribution in [-0.2, 0) is 22.6 Å². The molecule has 0 saturated heterocycles. The smallest absolute Gasteiger partial charge is 0.337 e. The molecule has 5 saturated carbocycles. The molecule has 4 unspecified atom stereocenters. The number of amides is 2. The van der Waals surface area contributed by atoms with Crippen molar-refractivity contribution in [1.29, 1.82) is 0 Å². The zero-order chi connectivity index (χ0) is 39.7. The number of hydrogen-bond acceptors (Lipinski definition) is 5. The summed E-state index contributed by atoms with van der Waals surface area (Å²) < 4.78 is 19.8. The molecule has 7 rings (SSSR count). The molecule has 5 fully saturated rings. The van der Waals surface area contributed by atoms with Gasteiger partial charge in [-0.15, -0.1) is 0 Å². The predicted molar refractivity (Wildman–Crippen MR) is 212 cm³/mol. The number of halogens is 1. The monoisotopic (exact) mass is 754 g/mol. The number of benzene rings is 2. The summed E-state index contributed by atoms with van der Waals surface area (Å²) in [5.41, 5.74) is 2.67. The van der Waals surface area contributed by atoms with E-state index in [9.17, 15) is 19.5 Å². The summed E-state index contributed by atoms with van der Waals surface area (Å²) in [6, 6.07) is 11.2. The second-order valence-electron chi connectivity index (χ2n) is 19.6. The van der Waals surface area contributed by atoms with E-state index < -0.39 is 23.1 Å². The molecule has 3 N–H and O–H groups in total. The van der Waals surface area contributed by atoms with Crippen LogP contribution in [0.2, 0.25) is 0 Å². The molecular weight excluding hydrogens is 692 g/mol. The number of nitrogens with one attached hydrogen (secondary N) is 2. The highest BCUT2D eigenvalue weighted by atomic mass is 19.1. The van der Waals surface area contributed by atoms with Gasteiger partial charge < -0.3 is 20.5 Å². The summed E-state index contributed by atoms with van der Waals surface area (Å²) in [7, 11) is 1.31. The average molecular weight is 755 g/mol. The minimum atomic E-state index is -0.638. The molecule has 8 heteroatoms. The highest BCUT2D eigenvalue weighted by Crippen LogP contribution is 2.77. The summed E-state index contributed by atoms with van der Waals surface area (Å²) in [4.78, 5) is 39.8. The minimum Gasteiger partial charge on any atom is -0.465 e. The van der Waals surface area contributed by atoms with Gasteiger partial charge in [-0.3, -0.25) is 9.59 Å². The number of allylic oxidation sites excluding steroid dienone is 1. The Kier molecular flexibility index (Phi) is 10.2.